The SMILES string of the molecule is CCNC(=NCC(=O)NCCOC)N(C)CCOc1ccc(Cl)cc1.I. The van der Waals surface area contributed by atoms with Gasteiger partial charge < -0.3 is 25.0 Å². The van der Waals surface area contributed by atoms with Crippen molar-refractivity contribution in [2.75, 3.05) is 53.6 Å². The number of carbonyl (C=O) groups is 1. The highest BCUT2D eigenvalue weighted by Gasteiger charge is 2.07. The molecule has 0 saturated carbocycles. The summed E-state index contributed by atoms with van der Waals surface area (Å²) in [6.07, 6.45) is 0. The number of ether oxygens (including phenoxy) is 2. The Morgan fingerprint density at radius 1 is 1.23 bits per heavy atom. The molecule has 0 unspecified atom stereocenters. The van der Waals surface area contributed by atoms with Gasteiger partial charge in [-0.25, -0.2) is 4.99 Å². The maximum Gasteiger partial charge on any atom is 0.241 e. The molecule has 1 amide bonds. The van der Waals surface area contributed by atoms with Gasteiger partial charge in [-0.2, -0.15) is 0 Å². The van der Waals surface area contributed by atoms with Gasteiger partial charge in [0, 0.05) is 32.3 Å². The molecule has 0 bridgehead atoms. The van der Waals surface area contributed by atoms with Gasteiger partial charge in [-0.1, -0.05) is 11.6 Å². The molecular formula is C17H28ClIN4O3. The first kappa shape index (κ1) is 24.7. The van der Waals surface area contributed by atoms with Gasteiger partial charge in [0.1, 0.15) is 18.9 Å². The van der Waals surface area contributed by atoms with E-state index in [1.54, 1.807) is 19.2 Å². The van der Waals surface area contributed by atoms with Gasteiger partial charge in [0.05, 0.1) is 13.2 Å². The Morgan fingerprint density at radius 3 is 2.54 bits per heavy atom. The third-order valence-electron chi connectivity index (χ3n) is 3.21. The number of nitrogens with one attached hydrogen (secondary N) is 2. The lowest BCUT2D eigenvalue weighted by Gasteiger charge is -2.22. The highest BCUT2D eigenvalue weighted by atomic mass is 127. The molecule has 0 radical (unpaired) electrons. The van der Waals surface area contributed by atoms with Crippen LogP contribution < -0.4 is 15.4 Å². The lowest BCUT2D eigenvalue weighted by molar-refractivity contribution is -0.119. The van der Waals surface area contributed by atoms with Crippen molar-refractivity contribution in [1.82, 2.24) is 15.5 Å². The zero-order valence-electron chi connectivity index (χ0n) is 15.5. The second kappa shape index (κ2) is 14.9. The van der Waals surface area contributed by atoms with Crippen LogP contribution in [0.1, 0.15) is 6.92 Å². The van der Waals surface area contributed by atoms with Crippen LogP contribution in [0.2, 0.25) is 5.02 Å². The lowest BCUT2D eigenvalue weighted by atomic mass is 10.3. The van der Waals surface area contributed by atoms with Crippen LogP contribution in [0.15, 0.2) is 29.3 Å². The number of nitrogens with zero attached hydrogens (tertiary/aromatic N) is 2. The summed E-state index contributed by atoms with van der Waals surface area (Å²) >= 11 is 5.85. The molecule has 9 heteroatoms. The third-order valence-corrected chi connectivity index (χ3v) is 3.46. The van der Waals surface area contributed by atoms with E-state index < -0.39 is 0 Å². The molecule has 2 N–H and O–H groups in total. The van der Waals surface area contributed by atoms with Crippen molar-refractivity contribution in [3.05, 3.63) is 29.3 Å². The molecule has 0 aromatic heterocycles. The fourth-order valence-corrected chi connectivity index (χ4v) is 2.03. The van der Waals surface area contributed by atoms with Gasteiger partial charge in [0.25, 0.3) is 0 Å². The first-order valence-corrected chi connectivity index (χ1v) is 8.58. The predicted molar refractivity (Wildman–Crippen MR) is 116 cm³/mol. The molecule has 0 aliphatic carbocycles. The second-order valence-corrected chi connectivity index (χ2v) is 5.67. The molecule has 1 aromatic rings. The van der Waals surface area contributed by atoms with Gasteiger partial charge in [-0.15, -0.1) is 24.0 Å². The number of amides is 1. The van der Waals surface area contributed by atoms with E-state index in [1.807, 2.05) is 31.0 Å². The zero-order chi connectivity index (χ0) is 18.5. The number of carbonyl (C=O) groups excluding carboxylic acids is 1. The summed E-state index contributed by atoms with van der Waals surface area (Å²) in [5.41, 5.74) is 0. The summed E-state index contributed by atoms with van der Waals surface area (Å²) in [6, 6.07) is 7.22. The number of benzene rings is 1. The van der Waals surface area contributed by atoms with Crippen molar-refractivity contribution in [2.24, 2.45) is 4.99 Å². The molecule has 0 spiro atoms. The number of hydrogen-bond donors (Lipinski definition) is 2. The summed E-state index contributed by atoms with van der Waals surface area (Å²) in [6.45, 7) is 4.83. The van der Waals surface area contributed by atoms with E-state index in [4.69, 9.17) is 21.1 Å². The number of hydrogen-bond acceptors (Lipinski definition) is 4. The molecule has 1 aromatic carbocycles. The summed E-state index contributed by atoms with van der Waals surface area (Å²) < 4.78 is 10.6. The maximum absolute atomic E-state index is 11.7. The number of likely N-dealkylation sites (N-methyl/N-ethyl adjacent to an activating group) is 1. The summed E-state index contributed by atoms with van der Waals surface area (Å²) in [5, 5.41) is 6.57. The van der Waals surface area contributed by atoms with E-state index in [0.29, 0.717) is 43.8 Å². The molecule has 7 nitrogen and oxygen atoms in total. The van der Waals surface area contributed by atoms with Gasteiger partial charge in [-0.05, 0) is 31.2 Å². The highest BCUT2D eigenvalue weighted by Crippen LogP contribution is 2.15. The third kappa shape index (κ3) is 10.7. The number of rotatable bonds is 10. The minimum Gasteiger partial charge on any atom is -0.492 e. The fourth-order valence-electron chi connectivity index (χ4n) is 1.90. The van der Waals surface area contributed by atoms with Gasteiger partial charge in [0.15, 0.2) is 5.96 Å². The zero-order valence-corrected chi connectivity index (χ0v) is 18.5. The van der Waals surface area contributed by atoms with Crippen molar-refractivity contribution >= 4 is 47.4 Å². The van der Waals surface area contributed by atoms with Crippen molar-refractivity contribution in [1.29, 1.82) is 0 Å². The van der Waals surface area contributed by atoms with Crippen molar-refractivity contribution < 1.29 is 14.3 Å². The Bertz CT molecular complexity index is 543. The van der Waals surface area contributed by atoms with Gasteiger partial charge in [-0.3, -0.25) is 4.79 Å². The van der Waals surface area contributed by atoms with E-state index in [-0.39, 0.29) is 36.4 Å². The predicted octanol–water partition coefficient (Wildman–Crippen LogP) is 2.00. The smallest absolute Gasteiger partial charge is 0.241 e. The van der Waals surface area contributed by atoms with E-state index in [9.17, 15) is 4.79 Å². The molecule has 0 atom stereocenters. The van der Waals surface area contributed by atoms with E-state index in [1.165, 1.54) is 0 Å². The van der Waals surface area contributed by atoms with E-state index in [0.717, 1.165) is 5.75 Å². The Kier molecular flexibility index (Phi) is 14.1. The summed E-state index contributed by atoms with van der Waals surface area (Å²) in [4.78, 5) is 18.0. The van der Waals surface area contributed by atoms with Crippen molar-refractivity contribution in [3.8, 4) is 5.75 Å². The minimum atomic E-state index is -0.140. The molecule has 0 heterocycles. The van der Waals surface area contributed by atoms with Crippen LogP contribution in [0.25, 0.3) is 0 Å². The van der Waals surface area contributed by atoms with Crippen molar-refractivity contribution in [2.45, 2.75) is 6.92 Å². The maximum atomic E-state index is 11.7. The first-order valence-electron chi connectivity index (χ1n) is 8.20. The molecule has 1 rings (SSSR count). The largest absolute Gasteiger partial charge is 0.492 e. The molecule has 0 aliphatic heterocycles. The molecule has 0 saturated heterocycles. The summed E-state index contributed by atoms with van der Waals surface area (Å²) in [7, 11) is 3.49. The van der Waals surface area contributed by atoms with Crippen molar-refractivity contribution in [3.63, 3.8) is 0 Å². The van der Waals surface area contributed by atoms with E-state index >= 15 is 0 Å². The Labute approximate surface area is 177 Å². The highest BCUT2D eigenvalue weighted by molar-refractivity contribution is 14.0. The van der Waals surface area contributed by atoms with Crippen LogP contribution in [-0.2, 0) is 9.53 Å². The van der Waals surface area contributed by atoms with Crippen LogP contribution in [0, 0.1) is 0 Å². The fraction of sp³-hybridized carbons (Fsp3) is 0.529. The summed E-state index contributed by atoms with van der Waals surface area (Å²) in [5.74, 6) is 1.28. The number of halogens is 2. The standard InChI is InChI=1S/C17H27ClN4O3.HI/c1-4-19-17(21-13-16(23)20-9-11-24-3)22(2)10-12-25-15-7-5-14(18)6-8-15;/h5-8H,4,9-13H2,1-3H3,(H,19,21)(H,20,23);1H. The Balaban J connectivity index is 0.00000625. The van der Waals surface area contributed by atoms with Crippen LogP contribution >= 0.6 is 35.6 Å². The van der Waals surface area contributed by atoms with Crippen LogP contribution in [0.4, 0.5) is 0 Å². The van der Waals surface area contributed by atoms with Crippen LogP contribution in [-0.4, -0.2) is 70.3 Å². The van der Waals surface area contributed by atoms with E-state index in [2.05, 4.69) is 15.6 Å². The number of guanidine groups is 1. The van der Waals surface area contributed by atoms with Gasteiger partial charge >= 0.3 is 0 Å². The molecule has 0 aliphatic rings. The molecule has 148 valence electrons. The quantitative estimate of drug-likeness (QED) is 0.223. The number of aliphatic imine (C=N–C) groups is 1. The second-order valence-electron chi connectivity index (χ2n) is 5.24. The topological polar surface area (TPSA) is 75.2 Å². The molecular weight excluding hydrogens is 471 g/mol. The average Bonchev–Trinajstić information content (AvgIpc) is 2.60. The Hall–Kier alpha value is -1.26. The lowest BCUT2D eigenvalue weighted by Crippen LogP contribution is -2.41. The number of methoxy groups -OCH3 is 1. The molecule has 26 heavy (non-hydrogen) atoms. The monoisotopic (exact) mass is 498 g/mol. The van der Waals surface area contributed by atoms with Gasteiger partial charge in [0.2, 0.25) is 5.91 Å². The average molecular weight is 499 g/mol. The van der Waals surface area contributed by atoms with Crippen LogP contribution in [0.3, 0.4) is 0 Å². The first-order chi connectivity index (χ1) is 12.1. The minimum absolute atomic E-state index is 0. The van der Waals surface area contributed by atoms with Crippen LogP contribution in [0.5, 0.6) is 5.75 Å². The molecule has 0 fully saturated rings. The Morgan fingerprint density at radius 2 is 1.92 bits per heavy atom. The normalized spacial score (nSPS) is 10.7.